The first-order valence-corrected chi connectivity index (χ1v) is 8.54. The van der Waals surface area contributed by atoms with Gasteiger partial charge in [0.15, 0.2) is 0 Å². The lowest BCUT2D eigenvalue weighted by Gasteiger charge is -2.20. The summed E-state index contributed by atoms with van der Waals surface area (Å²) in [5.74, 6) is 0.152. The molecule has 1 fully saturated rings. The first-order chi connectivity index (χ1) is 9.97. The number of thiophene rings is 1. The first-order valence-electron chi connectivity index (χ1n) is 7.66. The summed E-state index contributed by atoms with van der Waals surface area (Å²) < 4.78 is 0. The van der Waals surface area contributed by atoms with Crippen molar-refractivity contribution >= 4 is 17.2 Å². The van der Waals surface area contributed by atoms with Crippen LogP contribution < -0.4 is 5.32 Å². The number of hydrogen-bond donors (Lipinski definition) is 1. The maximum atomic E-state index is 12.0. The Balaban J connectivity index is 1.67. The predicted octanol–water partition coefficient (Wildman–Crippen LogP) is 1.66. The van der Waals surface area contributed by atoms with E-state index in [9.17, 15) is 4.79 Å². The third kappa shape index (κ3) is 4.53. The molecule has 118 valence electrons. The molecule has 0 bridgehead atoms. The van der Waals surface area contributed by atoms with Crippen molar-refractivity contribution < 1.29 is 4.79 Å². The van der Waals surface area contributed by atoms with E-state index in [2.05, 4.69) is 48.4 Å². The zero-order valence-corrected chi connectivity index (χ0v) is 14.4. The van der Waals surface area contributed by atoms with Gasteiger partial charge in [0, 0.05) is 30.6 Å². The highest BCUT2D eigenvalue weighted by molar-refractivity contribution is 7.10. The normalized spacial score (nSPS) is 19.4. The number of likely N-dealkylation sites (N-methyl/N-ethyl adjacent to an activating group) is 1. The van der Waals surface area contributed by atoms with Crippen molar-refractivity contribution in [3.8, 4) is 0 Å². The Morgan fingerprint density at radius 3 is 2.81 bits per heavy atom. The number of amides is 1. The summed E-state index contributed by atoms with van der Waals surface area (Å²) in [6.45, 7) is 7.61. The molecule has 0 aliphatic carbocycles. The summed E-state index contributed by atoms with van der Waals surface area (Å²) in [5, 5.41) is 5.26. The minimum Gasteiger partial charge on any atom is -0.355 e. The van der Waals surface area contributed by atoms with Crippen LogP contribution in [0, 0.1) is 13.8 Å². The van der Waals surface area contributed by atoms with Crippen molar-refractivity contribution in [3.63, 3.8) is 0 Å². The second-order valence-corrected chi connectivity index (χ2v) is 7.27. The molecule has 1 atom stereocenters. The standard InChI is InChI=1S/C16H27N3OS/c1-12-13(2)21-11-14(12)5-7-17-16(20)10-19-8-6-15(9-19)18(3)4/h11,15H,5-10H2,1-4H3,(H,17,20). The van der Waals surface area contributed by atoms with E-state index < -0.39 is 0 Å². The van der Waals surface area contributed by atoms with Crippen LogP contribution in [0.25, 0.3) is 0 Å². The van der Waals surface area contributed by atoms with Crippen LogP contribution in [0.3, 0.4) is 0 Å². The van der Waals surface area contributed by atoms with E-state index in [0.29, 0.717) is 12.6 Å². The first kappa shape index (κ1) is 16.5. The molecule has 0 saturated carbocycles. The lowest BCUT2D eigenvalue weighted by atomic mass is 10.1. The lowest BCUT2D eigenvalue weighted by Crippen LogP contribution is -2.38. The van der Waals surface area contributed by atoms with Gasteiger partial charge in [-0.1, -0.05) is 0 Å². The van der Waals surface area contributed by atoms with Crippen LogP contribution in [0.15, 0.2) is 5.38 Å². The highest BCUT2D eigenvalue weighted by atomic mass is 32.1. The molecule has 0 aromatic carbocycles. The van der Waals surface area contributed by atoms with E-state index in [4.69, 9.17) is 0 Å². The second-order valence-electron chi connectivity index (χ2n) is 6.18. The van der Waals surface area contributed by atoms with E-state index in [0.717, 1.165) is 32.5 Å². The maximum absolute atomic E-state index is 12.0. The van der Waals surface area contributed by atoms with E-state index in [-0.39, 0.29) is 5.91 Å². The van der Waals surface area contributed by atoms with Gasteiger partial charge in [-0.05, 0) is 57.3 Å². The Kier molecular flexibility index (Phi) is 5.79. The van der Waals surface area contributed by atoms with Crippen molar-refractivity contribution in [2.24, 2.45) is 0 Å². The van der Waals surface area contributed by atoms with E-state index in [1.165, 1.54) is 16.0 Å². The topological polar surface area (TPSA) is 35.6 Å². The molecule has 1 amide bonds. The summed E-state index contributed by atoms with van der Waals surface area (Å²) in [7, 11) is 4.22. The molecule has 21 heavy (non-hydrogen) atoms. The summed E-state index contributed by atoms with van der Waals surface area (Å²) in [6.07, 6.45) is 2.09. The van der Waals surface area contributed by atoms with Gasteiger partial charge in [0.25, 0.3) is 0 Å². The fraction of sp³-hybridized carbons (Fsp3) is 0.688. The summed E-state index contributed by atoms with van der Waals surface area (Å²) >= 11 is 1.79. The zero-order valence-electron chi connectivity index (χ0n) is 13.6. The summed E-state index contributed by atoms with van der Waals surface area (Å²) in [5.41, 5.74) is 2.74. The number of hydrogen-bond acceptors (Lipinski definition) is 4. The molecule has 1 saturated heterocycles. The van der Waals surface area contributed by atoms with Gasteiger partial charge in [-0.25, -0.2) is 0 Å². The molecule has 2 rings (SSSR count). The van der Waals surface area contributed by atoms with Crippen molar-refractivity contribution in [1.29, 1.82) is 0 Å². The molecule has 1 unspecified atom stereocenters. The minimum atomic E-state index is 0.152. The molecule has 5 heteroatoms. The smallest absolute Gasteiger partial charge is 0.234 e. The van der Waals surface area contributed by atoms with E-state index in [1.807, 2.05) is 0 Å². The van der Waals surface area contributed by atoms with E-state index >= 15 is 0 Å². The van der Waals surface area contributed by atoms with Gasteiger partial charge in [-0.15, -0.1) is 11.3 Å². The van der Waals surface area contributed by atoms with Crippen molar-refractivity contribution in [3.05, 3.63) is 21.4 Å². The molecule has 4 nitrogen and oxygen atoms in total. The average Bonchev–Trinajstić information content (AvgIpc) is 3.00. The summed E-state index contributed by atoms with van der Waals surface area (Å²) in [4.78, 5) is 17.9. The number of carbonyl (C=O) groups is 1. The second kappa shape index (κ2) is 7.38. The van der Waals surface area contributed by atoms with Gasteiger partial charge in [0.2, 0.25) is 5.91 Å². The van der Waals surface area contributed by atoms with Crippen LogP contribution in [0.2, 0.25) is 0 Å². The van der Waals surface area contributed by atoms with E-state index in [1.54, 1.807) is 11.3 Å². The Morgan fingerprint density at radius 1 is 1.48 bits per heavy atom. The zero-order chi connectivity index (χ0) is 15.4. The Labute approximate surface area is 132 Å². The molecule has 1 aromatic heterocycles. The molecule has 1 aliphatic rings. The fourth-order valence-electron chi connectivity index (χ4n) is 2.78. The molecule has 1 aromatic rings. The average molecular weight is 309 g/mol. The van der Waals surface area contributed by atoms with Crippen molar-refractivity contribution in [2.75, 3.05) is 40.3 Å². The molecule has 1 aliphatic heterocycles. The van der Waals surface area contributed by atoms with Gasteiger partial charge in [0.1, 0.15) is 0 Å². The minimum absolute atomic E-state index is 0.152. The molecule has 2 heterocycles. The third-order valence-corrected chi connectivity index (χ3v) is 5.51. The SMILES string of the molecule is Cc1scc(CCNC(=O)CN2CCC(N(C)C)C2)c1C. The molecule has 0 spiro atoms. The monoisotopic (exact) mass is 309 g/mol. The highest BCUT2D eigenvalue weighted by Gasteiger charge is 2.24. The van der Waals surface area contributed by atoms with Crippen LogP contribution in [-0.2, 0) is 11.2 Å². The molecular formula is C16H27N3OS. The molecule has 0 radical (unpaired) electrons. The van der Waals surface area contributed by atoms with Crippen LogP contribution >= 0.6 is 11.3 Å². The quantitative estimate of drug-likeness (QED) is 0.868. The molecule has 1 N–H and O–H groups in total. The number of carbonyl (C=O) groups excluding carboxylic acids is 1. The Bertz CT molecular complexity index is 484. The predicted molar refractivity (Wildman–Crippen MR) is 89.0 cm³/mol. The van der Waals surface area contributed by atoms with Gasteiger partial charge < -0.3 is 10.2 Å². The van der Waals surface area contributed by atoms with Crippen LogP contribution in [0.1, 0.15) is 22.4 Å². The van der Waals surface area contributed by atoms with Crippen LogP contribution in [0.5, 0.6) is 0 Å². The van der Waals surface area contributed by atoms with Crippen LogP contribution in [-0.4, -0.2) is 62.0 Å². The van der Waals surface area contributed by atoms with Crippen molar-refractivity contribution in [2.45, 2.75) is 32.7 Å². The third-order valence-electron chi connectivity index (χ3n) is 4.45. The largest absolute Gasteiger partial charge is 0.355 e. The fourth-order valence-corrected chi connectivity index (χ4v) is 3.70. The van der Waals surface area contributed by atoms with Gasteiger partial charge in [-0.3, -0.25) is 9.69 Å². The number of likely N-dealkylation sites (tertiary alicyclic amines) is 1. The lowest BCUT2D eigenvalue weighted by molar-refractivity contribution is -0.122. The van der Waals surface area contributed by atoms with Gasteiger partial charge in [-0.2, -0.15) is 0 Å². The number of aryl methyl sites for hydroxylation is 1. The number of nitrogens with one attached hydrogen (secondary N) is 1. The molecular weight excluding hydrogens is 282 g/mol. The number of nitrogens with zero attached hydrogens (tertiary/aromatic N) is 2. The highest BCUT2D eigenvalue weighted by Crippen LogP contribution is 2.20. The number of rotatable bonds is 6. The van der Waals surface area contributed by atoms with Gasteiger partial charge in [0.05, 0.1) is 6.54 Å². The van der Waals surface area contributed by atoms with Crippen LogP contribution in [0.4, 0.5) is 0 Å². The van der Waals surface area contributed by atoms with Gasteiger partial charge >= 0.3 is 0 Å². The Hall–Kier alpha value is -0.910. The summed E-state index contributed by atoms with van der Waals surface area (Å²) in [6, 6.07) is 0.592. The maximum Gasteiger partial charge on any atom is 0.234 e. The van der Waals surface area contributed by atoms with Crippen molar-refractivity contribution in [1.82, 2.24) is 15.1 Å². The Morgan fingerprint density at radius 2 is 2.24 bits per heavy atom.